The number of aromatic carboxylic acids is 1. The number of aryl methyl sites for hydroxylation is 1. The van der Waals surface area contributed by atoms with Crippen LogP contribution in [0.25, 0.3) is 0 Å². The molecule has 3 aromatic carbocycles. The number of aliphatic carboxylic acids is 1. The van der Waals surface area contributed by atoms with Gasteiger partial charge in [0.1, 0.15) is 6.54 Å². The second-order valence-electron chi connectivity index (χ2n) is 8.45. The molecule has 3 aromatic rings. The van der Waals surface area contributed by atoms with Crippen LogP contribution >= 0.6 is 12.4 Å². The molecule has 0 atom stereocenters. The minimum Gasteiger partial charge on any atom is -0.489 e. The van der Waals surface area contributed by atoms with Crippen molar-refractivity contribution >= 4 is 41.9 Å². The Kier molecular flexibility index (Phi) is 8.93. The average molecular weight is 541 g/mol. The van der Waals surface area contributed by atoms with Crippen molar-refractivity contribution in [1.29, 1.82) is 0 Å². The molecule has 38 heavy (non-hydrogen) atoms. The number of nitrogens with one attached hydrogen (secondary N) is 1. The predicted molar refractivity (Wildman–Crippen MR) is 139 cm³/mol. The van der Waals surface area contributed by atoms with Crippen molar-refractivity contribution in [3.8, 4) is 11.5 Å². The van der Waals surface area contributed by atoms with E-state index in [4.69, 9.17) is 20.3 Å². The molecule has 1 amide bonds. The first kappa shape index (κ1) is 28.0. The summed E-state index contributed by atoms with van der Waals surface area (Å²) < 4.78 is 11.8. The number of nitrogen functional groups attached to an aromatic ring is 1. The molecule has 0 saturated heterocycles. The lowest BCUT2D eigenvalue weighted by Gasteiger charge is -2.21. The number of ether oxygens (including phenoxy) is 2. The first-order valence-corrected chi connectivity index (χ1v) is 11.4. The van der Waals surface area contributed by atoms with Crippen molar-refractivity contribution in [1.82, 2.24) is 5.32 Å². The lowest BCUT2D eigenvalue weighted by molar-refractivity contribution is -0.135. The van der Waals surface area contributed by atoms with Crippen LogP contribution in [0.5, 0.6) is 11.5 Å². The summed E-state index contributed by atoms with van der Waals surface area (Å²) in [5.41, 5.74) is 8.62. The molecule has 0 fully saturated rings. The van der Waals surface area contributed by atoms with Crippen LogP contribution in [0.4, 0.5) is 5.69 Å². The quantitative estimate of drug-likeness (QED) is 0.208. The molecule has 0 unspecified atom stereocenters. The van der Waals surface area contributed by atoms with Gasteiger partial charge in [0, 0.05) is 17.7 Å². The van der Waals surface area contributed by atoms with E-state index in [2.05, 4.69) is 5.32 Å². The van der Waals surface area contributed by atoms with E-state index in [0.29, 0.717) is 40.8 Å². The number of amides is 1. The van der Waals surface area contributed by atoms with Gasteiger partial charge in [0.05, 0.1) is 23.3 Å². The number of fused-ring (bicyclic) bond motifs is 2. The van der Waals surface area contributed by atoms with Gasteiger partial charge in [0.15, 0.2) is 11.5 Å². The third-order valence-electron chi connectivity index (χ3n) is 5.79. The van der Waals surface area contributed by atoms with Gasteiger partial charge in [-0.1, -0.05) is 18.2 Å². The monoisotopic (exact) mass is 540 g/mol. The Bertz CT molecular complexity index is 1410. The zero-order valence-corrected chi connectivity index (χ0v) is 20.9. The number of carbonyl (C=O) groups excluding carboxylic acids is 2. The fraction of sp³-hybridized carbons (Fsp3) is 0.185. The highest BCUT2D eigenvalue weighted by molar-refractivity contribution is 6.00. The summed E-state index contributed by atoms with van der Waals surface area (Å²) in [5, 5.41) is 20.6. The Morgan fingerprint density at radius 1 is 1.00 bits per heavy atom. The third kappa shape index (κ3) is 6.40. The van der Waals surface area contributed by atoms with Gasteiger partial charge in [-0.2, -0.15) is 0 Å². The summed E-state index contributed by atoms with van der Waals surface area (Å²) in [6.07, 6.45) is 1.16. The van der Waals surface area contributed by atoms with E-state index < -0.39 is 30.4 Å². The van der Waals surface area contributed by atoms with Crippen LogP contribution in [0.15, 0.2) is 54.6 Å². The van der Waals surface area contributed by atoms with Gasteiger partial charge in [0.25, 0.3) is 5.91 Å². The van der Waals surface area contributed by atoms with Crippen molar-refractivity contribution < 1.29 is 38.9 Å². The number of hydrogen-bond acceptors (Lipinski definition) is 7. The first-order chi connectivity index (χ1) is 17.7. The SMILES string of the molecule is Cl.Nc1ccc2c(c1)CCCOc1c(C(=O)NCC(=O)O)ccc(Cc3cccc(C(=O)O)c3)c1OC2=O. The molecule has 5 N–H and O–H groups in total. The number of rotatable bonds is 6. The summed E-state index contributed by atoms with van der Waals surface area (Å²) in [5.74, 6) is -3.69. The van der Waals surface area contributed by atoms with Gasteiger partial charge in [-0.25, -0.2) is 9.59 Å². The summed E-state index contributed by atoms with van der Waals surface area (Å²) in [7, 11) is 0. The molecule has 0 spiro atoms. The summed E-state index contributed by atoms with van der Waals surface area (Å²) >= 11 is 0. The molecule has 0 aliphatic carbocycles. The number of anilines is 1. The fourth-order valence-electron chi connectivity index (χ4n) is 4.07. The number of carboxylic acids is 2. The van der Waals surface area contributed by atoms with Gasteiger partial charge in [-0.15, -0.1) is 12.4 Å². The van der Waals surface area contributed by atoms with E-state index in [1.165, 1.54) is 18.2 Å². The molecular formula is C27H25ClN2O8. The number of nitrogens with two attached hydrogens (primary N) is 1. The van der Waals surface area contributed by atoms with E-state index in [0.717, 1.165) is 0 Å². The van der Waals surface area contributed by atoms with Gasteiger partial charge in [0.2, 0.25) is 0 Å². The minimum atomic E-state index is -1.22. The number of halogens is 1. The Morgan fingerprint density at radius 2 is 1.79 bits per heavy atom. The maximum absolute atomic E-state index is 13.3. The molecule has 1 aliphatic rings. The van der Waals surface area contributed by atoms with E-state index in [1.807, 2.05) is 0 Å². The number of carboxylic acid groups (broad SMARTS) is 2. The van der Waals surface area contributed by atoms with Crippen LogP contribution in [0, 0.1) is 0 Å². The summed E-state index contributed by atoms with van der Waals surface area (Å²) in [6, 6.07) is 14.2. The van der Waals surface area contributed by atoms with Crippen LogP contribution in [-0.4, -0.2) is 47.2 Å². The van der Waals surface area contributed by atoms with Crippen molar-refractivity contribution in [3.63, 3.8) is 0 Å². The highest BCUT2D eigenvalue weighted by Gasteiger charge is 2.26. The van der Waals surface area contributed by atoms with Crippen LogP contribution in [0.1, 0.15) is 54.2 Å². The first-order valence-electron chi connectivity index (χ1n) is 11.4. The molecule has 0 aromatic heterocycles. The second kappa shape index (κ2) is 12.1. The van der Waals surface area contributed by atoms with Crippen LogP contribution in [-0.2, 0) is 17.6 Å². The van der Waals surface area contributed by atoms with Gasteiger partial charge >= 0.3 is 17.9 Å². The zero-order chi connectivity index (χ0) is 26.5. The Balaban J connectivity index is 0.00000400. The topological polar surface area (TPSA) is 165 Å². The maximum atomic E-state index is 13.3. The Morgan fingerprint density at radius 3 is 2.53 bits per heavy atom. The molecular weight excluding hydrogens is 516 g/mol. The Hall–Kier alpha value is -4.57. The van der Waals surface area contributed by atoms with Crippen LogP contribution in [0.2, 0.25) is 0 Å². The van der Waals surface area contributed by atoms with Gasteiger partial charge in [-0.3, -0.25) is 9.59 Å². The van der Waals surface area contributed by atoms with E-state index in [-0.39, 0.29) is 48.1 Å². The molecule has 1 heterocycles. The highest BCUT2D eigenvalue weighted by atomic mass is 35.5. The van der Waals surface area contributed by atoms with E-state index in [9.17, 15) is 24.3 Å². The molecule has 1 aliphatic heterocycles. The van der Waals surface area contributed by atoms with Crippen LogP contribution < -0.4 is 20.5 Å². The highest BCUT2D eigenvalue weighted by Crippen LogP contribution is 2.38. The standard InChI is InChI=1S/C27H24N2O8.ClH/c28-19-7-9-20-16(13-19)5-2-10-36-24-21(25(32)29-14-22(30)31)8-6-17(23(24)37-27(20)35)11-15-3-1-4-18(12-15)26(33)34;/h1,3-4,6-9,12-13H,2,5,10-11,14,28H2,(H,29,32)(H,30,31)(H,33,34);1H. The maximum Gasteiger partial charge on any atom is 0.343 e. The summed E-state index contributed by atoms with van der Waals surface area (Å²) in [4.78, 5) is 48.5. The molecule has 4 rings (SSSR count). The lowest BCUT2D eigenvalue weighted by atomic mass is 9.98. The molecule has 11 heteroatoms. The average Bonchev–Trinajstić information content (AvgIpc) is 2.86. The second-order valence-corrected chi connectivity index (χ2v) is 8.45. The largest absolute Gasteiger partial charge is 0.489 e. The zero-order valence-electron chi connectivity index (χ0n) is 20.1. The van der Waals surface area contributed by atoms with Crippen molar-refractivity contribution in [2.45, 2.75) is 19.3 Å². The van der Waals surface area contributed by atoms with E-state index >= 15 is 0 Å². The number of benzene rings is 3. The predicted octanol–water partition coefficient (Wildman–Crippen LogP) is 3.34. The number of hydrogen-bond donors (Lipinski definition) is 4. The fourth-order valence-corrected chi connectivity index (χ4v) is 4.07. The van der Waals surface area contributed by atoms with Crippen LogP contribution in [0.3, 0.4) is 0 Å². The van der Waals surface area contributed by atoms with Crippen molar-refractivity contribution in [3.05, 3.63) is 88.0 Å². The lowest BCUT2D eigenvalue weighted by Crippen LogP contribution is -2.30. The molecule has 0 radical (unpaired) electrons. The molecule has 0 saturated carbocycles. The van der Waals surface area contributed by atoms with Crippen molar-refractivity contribution in [2.75, 3.05) is 18.9 Å². The summed E-state index contributed by atoms with van der Waals surface area (Å²) in [6.45, 7) is -0.429. The smallest absolute Gasteiger partial charge is 0.343 e. The number of carbonyl (C=O) groups is 4. The molecule has 0 bridgehead atoms. The molecule has 198 valence electrons. The van der Waals surface area contributed by atoms with Gasteiger partial charge < -0.3 is 30.7 Å². The number of esters is 1. The van der Waals surface area contributed by atoms with Gasteiger partial charge in [-0.05, 0) is 60.4 Å². The molecule has 10 nitrogen and oxygen atoms in total. The van der Waals surface area contributed by atoms with Crippen molar-refractivity contribution in [2.24, 2.45) is 0 Å². The van der Waals surface area contributed by atoms with E-state index in [1.54, 1.807) is 36.4 Å². The Labute approximate surface area is 223 Å². The normalized spacial score (nSPS) is 12.5. The third-order valence-corrected chi connectivity index (χ3v) is 5.79. The minimum absolute atomic E-state index is 0.